The number of hydrogen-bond acceptors (Lipinski definition) is 5. The minimum atomic E-state index is -1.83. The molecule has 1 heterocycles. The molecule has 0 unspecified atom stereocenters. The van der Waals surface area contributed by atoms with Crippen LogP contribution in [0.2, 0.25) is 0 Å². The van der Waals surface area contributed by atoms with Gasteiger partial charge >= 0.3 is 8.24 Å². The first kappa shape index (κ1) is 35.9. The predicted molar refractivity (Wildman–Crippen MR) is 225 cm³/mol. The fraction of sp³-hybridized carbons (Fsp3) is 0.149. The van der Waals surface area contributed by atoms with Gasteiger partial charge in [0.25, 0.3) is 11.8 Å². The maximum absolute atomic E-state index is 13.8. The molecule has 1 aromatic heterocycles. The van der Waals surface area contributed by atoms with Gasteiger partial charge in [-0.05, 0) is 100 Å². The summed E-state index contributed by atoms with van der Waals surface area (Å²) in [6.07, 6.45) is 3.29. The van der Waals surface area contributed by atoms with Crippen molar-refractivity contribution in [2.75, 3.05) is 23.9 Å². The number of benzene rings is 7. The van der Waals surface area contributed by atoms with Crippen LogP contribution in [-0.2, 0) is 13.0 Å². The van der Waals surface area contributed by atoms with Gasteiger partial charge < -0.3 is 18.2 Å². The second kappa shape index (κ2) is 15.7. The summed E-state index contributed by atoms with van der Waals surface area (Å²) in [7, 11) is 1.65. The second-order valence-electron chi connectivity index (χ2n) is 13.7. The van der Waals surface area contributed by atoms with E-state index in [0.29, 0.717) is 28.0 Å². The monoisotopic (exact) mass is 744 g/mol. The van der Waals surface area contributed by atoms with E-state index in [2.05, 4.69) is 55.5 Å². The van der Waals surface area contributed by atoms with Gasteiger partial charge in [-0.25, -0.2) is 0 Å². The molecule has 0 aliphatic carbocycles. The van der Waals surface area contributed by atoms with Gasteiger partial charge in [-0.3, -0.25) is 14.1 Å². The van der Waals surface area contributed by atoms with E-state index in [1.54, 1.807) is 48.2 Å². The lowest BCUT2D eigenvalue weighted by Gasteiger charge is -2.20. The Morgan fingerprint density at radius 3 is 1.75 bits per heavy atom. The van der Waals surface area contributed by atoms with Crippen molar-refractivity contribution in [2.24, 2.45) is 0 Å². The Kier molecular flexibility index (Phi) is 10.2. The van der Waals surface area contributed by atoms with E-state index >= 15 is 0 Å². The Labute approximate surface area is 321 Å². The fourth-order valence-corrected chi connectivity index (χ4v) is 8.08. The standard InChI is InChI=1S/C47H41N2O5P/c1-4-5-12-32-21-25-38(26-22-32)48(2)46(50)36-16-11-17-37(30-36)47(51)49(3)39-18-10-13-33(29-39)31-52-55-53-42-27-23-34-14-6-8-19-40(34)44(42)45-41-20-9-7-15-35(41)24-28-43(45)54-55/h6-11,13-30H,4-5,12,31H2,1-3H3. The number of anilines is 2. The summed E-state index contributed by atoms with van der Waals surface area (Å²) in [6, 6.07) is 47.3. The van der Waals surface area contributed by atoms with E-state index < -0.39 is 8.24 Å². The fourth-order valence-electron chi connectivity index (χ4n) is 7.06. The highest BCUT2D eigenvalue weighted by atomic mass is 31.1. The molecular formula is C47H41N2O5P. The lowest BCUT2D eigenvalue weighted by atomic mass is 9.99. The summed E-state index contributed by atoms with van der Waals surface area (Å²) >= 11 is 0. The molecule has 8 heteroatoms. The number of nitrogens with zero attached hydrogens (tertiary/aromatic N) is 2. The Morgan fingerprint density at radius 2 is 1.15 bits per heavy atom. The molecule has 274 valence electrons. The lowest BCUT2D eigenvalue weighted by Crippen LogP contribution is -2.28. The molecule has 0 saturated carbocycles. The molecule has 0 bridgehead atoms. The smallest absolute Gasteiger partial charge is 0.387 e. The van der Waals surface area contributed by atoms with Crippen molar-refractivity contribution >= 4 is 74.9 Å². The van der Waals surface area contributed by atoms with Gasteiger partial charge in [0.15, 0.2) is 0 Å². The number of carbonyl (C=O) groups excluding carboxylic acids is 2. The first-order chi connectivity index (χ1) is 26.9. The quantitative estimate of drug-likeness (QED) is 0.139. The molecule has 2 amide bonds. The first-order valence-electron chi connectivity index (χ1n) is 18.5. The summed E-state index contributed by atoms with van der Waals surface area (Å²) in [5.41, 5.74) is 5.84. The minimum Gasteiger partial charge on any atom is -0.399 e. The van der Waals surface area contributed by atoms with Crippen molar-refractivity contribution in [1.29, 1.82) is 0 Å². The van der Waals surface area contributed by atoms with Crippen molar-refractivity contribution in [3.63, 3.8) is 0 Å². The van der Waals surface area contributed by atoms with Crippen LogP contribution in [-0.4, -0.2) is 25.9 Å². The van der Waals surface area contributed by atoms with Gasteiger partial charge in [0.2, 0.25) is 0 Å². The Hall–Kier alpha value is -6.14. The maximum atomic E-state index is 13.8. The second-order valence-corrected chi connectivity index (χ2v) is 14.8. The summed E-state index contributed by atoms with van der Waals surface area (Å²) in [4.78, 5) is 30.5. The van der Waals surface area contributed by atoms with Crippen molar-refractivity contribution in [3.05, 3.63) is 168 Å². The highest BCUT2D eigenvalue weighted by molar-refractivity contribution is 7.31. The minimum absolute atomic E-state index is 0.186. The SMILES string of the molecule is CCCCc1ccc(N(C)C(=O)c2cccc(C(=O)N(C)c3cccc(COp4oc5ccc6ccccc6c5c5c(ccc6ccccc65)o4)c3)c2)cc1. The van der Waals surface area contributed by atoms with Crippen LogP contribution in [0, 0.1) is 0 Å². The zero-order valence-electron chi connectivity index (χ0n) is 31.1. The van der Waals surface area contributed by atoms with Crippen molar-refractivity contribution in [1.82, 2.24) is 0 Å². The number of amides is 2. The number of aryl methyl sites for hydroxylation is 1. The number of carbonyl (C=O) groups is 2. The van der Waals surface area contributed by atoms with Gasteiger partial charge in [-0.1, -0.05) is 104 Å². The largest absolute Gasteiger partial charge is 0.399 e. The molecule has 0 saturated heterocycles. The van der Waals surface area contributed by atoms with E-state index in [0.717, 1.165) is 62.8 Å². The summed E-state index contributed by atoms with van der Waals surface area (Å²) in [5, 5.41) is 6.34. The lowest BCUT2D eigenvalue weighted by molar-refractivity contribution is 0.0992. The predicted octanol–water partition coefficient (Wildman–Crippen LogP) is 12.1. The van der Waals surface area contributed by atoms with E-state index in [1.165, 1.54) is 5.56 Å². The third-order valence-corrected chi connectivity index (χ3v) is 11.2. The average Bonchev–Trinajstić information content (AvgIpc) is 3.41. The molecule has 7 aromatic carbocycles. The van der Waals surface area contributed by atoms with Crippen molar-refractivity contribution in [3.8, 4) is 0 Å². The van der Waals surface area contributed by atoms with Crippen LogP contribution >= 0.6 is 8.24 Å². The van der Waals surface area contributed by atoms with Crippen LogP contribution in [0.4, 0.5) is 11.4 Å². The highest BCUT2D eigenvalue weighted by Crippen LogP contribution is 2.40. The first-order valence-corrected chi connectivity index (χ1v) is 19.6. The number of hydrogen-bond donors (Lipinski definition) is 0. The molecule has 55 heavy (non-hydrogen) atoms. The number of fused-ring (bicyclic) bond motifs is 7. The number of unbranched alkanes of at least 4 members (excludes halogenated alkanes) is 1. The van der Waals surface area contributed by atoms with Gasteiger partial charge in [0.1, 0.15) is 11.2 Å². The van der Waals surface area contributed by atoms with E-state index in [4.69, 9.17) is 12.9 Å². The zero-order valence-corrected chi connectivity index (χ0v) is 32.0. The molecule has 0 atom stereocenters. The molecule has 8 rings (SSSR count). The third-order valence-electron chi connectivity index (χ3n) is 10.1. The highest BCUT2D eigenvalue weighted by Gasteiger charge is 2.19. The van der Waals surface area contributed by atoms with Gasteiger partial charge in [0.05, 0.1) is 6.61 Å². The molecule has 0 radical (unpaired) electrons. The average molecular weight is 745 g/mol. The molecule has 0 aliphatic rings. The van der Waals surface area contributed by atoms with Crippen LogP contribution in [0.5, 0.6) is 0 Å². The molecule has 7 nitrogen and oxygen atoms in total. The number of rotatable bonds is 10. The Bertz CT molecular complexity index is 2640. The molecular weight excluding hydrogens is 703 g/mol. The topological polar surface area (TPSA) is 76.1 Å². The van der Waals surface area contributed by atoms with Crippen LogP contribution in [0.15, 0.2) is 154 Å². The van der Waals surface area contributed by atoms with Crippen molar-refractivity contribution < 1.29 is 22.5 Å². The van der Waals surface area contributed by atoms with Crippen molar-refractivity contribution in [2.45, 2.75) is 32.8 Å². The zero-order chi connectivity index (χ0) is 37.9. The normalized spacial score (nSPS) is 11.3. The maximum Gasteiger partial charge on any atom is 0.387 e. The van der Waals surface area contributed by atoms with Crippen LogP contribution in [0.1, 0.15) is 51.6 Å². The van der Waals surface area contributed by atoms with Crippen LogP contribution < -0.4 is 14.3 Å². The van der Waals surface area contributed by atoms with Crippen LogP contribution in [0.25, 0.3) is 43.5 Å². The molecule has 0 spiro atoms. The van der Waals surface area contributed by atoms with E-state index in [9.17, 15) is 9.59 Å². The Morgan fingerprint density at radius 1 is 0.582 bits per heavy atom. The Balaban J connectivity index is 1.03. The molecule has 0 N–H and O–H groups in total. The molecule has 8 aromatic rings. The molecule has 0 aliphatic heterocycles. The summed E-state index contributed by atoms with van der Waals surface area (Å²) in [6.45, 7) is 2.37. The summed E-state index contributed by atoms with van der Waals surface area (Å²) in [5.74, 6) is -0.419. The third kappa shape index (κ3) is 7.37. The van der Waals surface area contributed by atoms with E-state index in [1.807, 2.05) is 72.8 Å². The van der Waals surface area contributed by atoms with E-state index in [-0.39, 0.29) is 18.4 Å². The summed E-state index contributed by atoms with van der Waals surface area (Å²) < 4.78 is 19.4. The molecule has 0 fully saturated rings. The van der Waals surface area contributed by atoms with Crippen LogP contribution in [0.3, 0.4) is 0 Å². The van der Waals surface area contributed by atoms with Gasteiger partial charge in [-0.15, -0.1) is 0 Å². The van der Waals surface area contributed by atoms with Gasteiger partial charge in [0, 0.05) is 47.4 Å². The van der Waals surface area contributed by atoms with Gasteiger partial charge in [-0.2, -0.15) is 0 Å².